The van der Waals surface area contributed by atoms with Crippen molar-refractivity contribution in [3.8, 4) is 11.5 Å². The fourth-order valence-electron chi connectivity index (χ4n) is 3.77. The van der Waals surface area contributed by atoms with E-state index in [-0.39, 0.29) is 10.6 Å². The van der Waals surface area contributed by atoms with Gasteiger partial charge in [-0.1, -0.05) is 36.4 Å². The molecular weight excluding hydrogens is 411 g/mol. The highest BCUT2D eigenvalue weighted by atomic mass is 35.5. The van der Waals surface area contributed by atoms with Gasteiger partial charge in [-0.2, -0.15) is 15.0 Å². The van der Waals surface area contributed by atoms with Crippen LogP contribution in [0.25, 0.3) is 48.1 Å². The van der Waals surface area contributed by atoms with Gasteiger partial charge in [0.25, 0.3) is 0 Å². The lowest BCUT2D eigenvalue weighted by molar-refractivity contribution is 1.04. The molecule has 3 aromatic carbocycles. The number of para-hydroxylation sites is 1. The van der Waals surface area contributed by atoms with E-state index in [1.165, 1.54) is 10.1 Å². The highest BCUT2D eigenvalue weighted by molar-refractivity contribution is 7.24. The van der Waals surface area contributed by atoms with Crippen molar-refractivity contribution in [1.82, 2.24) is 19.4 Å². The average Bonchev–Trinajstić information content (AvgIpc) is 3.20. The van der Waals surface area contributed by atoms with Crippen LogP contribution < -0.4 is 0 Å². The van der Waals surface area contributed by atoms with Gasteiger partial charge in [-0.25, -0.2) is 0 Å². The van der Waals surface area contributed by atoms with E-state index >= 15 is 0 Å². The summed E-state index contributed by atoms with van der Waals surface area (Å²) in [6.45, 7) is 0. The summed E-state index contributed by atoms with van der Waals surface area (Å²) in [5.41, 5.74) is 1.98. The molecule has 0 N–H and O–H groups in total. The number of hydrogen-bond acceptors (Lipinski definition) is 4. The van der Waals surface area contributed by atoms with E-state index in [2.05, 4.69) is 61.8 Å². The first-order valence-corrected chi connectivity index (χ1v) is 10.2. The van der Waals surface area contributed by atoms with Crippen molar-refractivity contribution in [3.05, 3.63) is 71.2 Å². The van der Waals surface area contributed by atoms with Gasteiger partial charge in [-0.05, 0) is 58.2 Å². The van der Waals surface area contributed by atoms with Gasteiger partial charge in [0.05, 0.1) is 10.2 Å². The van der Waals surface area contributed by atoms with E-state index in [1.54, 1.807) is 11.3 Å². The van der Waals surface area contributed by atoms with Crippen LogP contribution in [-0.4, -0.2) is 19.4 Å². The molecule has 3 aromatic heterocycles. The van der Waals surface area contributed by atoms with Gasteiger partial charge >= 0.3 is 0 Å². The van der Waals surface area contributed by atoms with Gasteiger partial charge in [-0.3, -0.25) is 4.40 Å². The number of benzene rings is 3. The Kier molecular flexibility index (Phi) is 3.41. The SMILES string of the molecule is Clc1nc(Cl)nc(-c2c3cc4ccccc4cc3c3sc4ccccc4n23)n1. The van der Waals surface area contributed by atoms with Crippen molar-refractivity contribution in [2.75, 3.05) is 0 Å². The van der Waals surface area contributed by atoms with Crippen LogP contribution >= 0.6 is 34.5 Å². The molecule has 0 aliphatic carbocycles. The summed E-state index contributed by atoms with van der Waals surface area (Å²) in [4.78, 5) is 13.8. The maximum absolute atomic E-state index is 6.10. The second kappa shape index (κ2) is 5.88. The molecule has 0 aliphatic heterocycles. The smallest absolute Gasteiger partial charge is 0.227 e. The molecule has 0 saturated heterocycles. The summed E-state index contributed by atoms with van der Waals surface area (Å²) in [7, 11) is 0. The predicted molar refractivity (Wildman–Crippen MR) is 117 cm³/mol. The number of fused-ring (bicyclic) bond motifs is 6. The summed E-state index contributed by atoms with van der Waals surface area (Å²) >= 11 is 14.0. The van der Waals surface area contributed by atoms with Crippen LogP contribution in [0.1, 0.15) is 0 Å². The lowest BCUT2D eigenvalue weighted by atomic mass is 10.1. The molecule has 134 valence electrons. The Hall–Kier alpha value is -2.73. The Balaban J connectivity index is 1.89. The molecule has 0 unspecified atom stereocenters. The maximum Gasteiger partial charge on any atom is 0.227 e. The monoisotopic (exact) mass is 420 g/mol. The minimum Gasteiger partial charge on any atom is -0.296 e. The van der Waals surface area contributed by atoms with E-state index < -0.39 is 0 Å². The summed E-state index contributed by atoms with van der Waals surface area (Å²) in [5.74, 6) is 0.467. The third kappa shape index (κ3) is 2.27. The largest absolute Gasteiger partial charge is 0.296 e. The van der Waals surface area contributed by atoms with Crippen LogP contribution in [0.15, 0.2) is 60.7 Å². The van der Waals surface area contributed by atoms with E-state index in [9.17, 15) is 0 Å². The number of nitrogens with zero attached hydrogens (tertiary/aromatic N) is 4. The fourth-order valence-corrected chi connectivity index (χ4v) is 5.31. The van der Waals surface area contributed by atoms with Crippen LogP contribution in [0, 0.1) is 0 Å². The number of aromatic nitrogens is 4. The number of thiazole rings is 1. The summed E-state index contributed by atoms with van der Waals surface area (Å²) in [6.07, 6.45) is 0. The second-order valence-electron chi connectivity index (χ2n) is 6.50. The van der Waals surface area contributed by atoms with Crippen LogP contribution in [0.5, 0.6) is 0 Å². The highest BCUT2D eigenvalue weighted by Gasteiger charge is 2.21. The summed E-state index contributed by atoms with van der Waals surface area (Å²) in [5, 5.41) is 4.73. The first kappa shape index (κ1) is 16.2. The highest BCUT2D eigenvalue weighted by Crippen LogP contribution is 2.41. The first-order valence-electron chi connectivity index (χ1n) is 8.61. The molecule has 0 atom stereocenters. The topological polar surface area (TPSA) is 43.1 Å². The van der Waals surface area contributed by atoms with Crippen molar-refractivity contribution in [2.45, 2.75) is 0 Å². The van der Waals surface area contributed by atoms with Crippen molar-refractivity contribution in [3.63, 3.8) is 0 Å². The zero-order valence-corrected chi connectivity index (χ0v) is 16.6. The quantitative estimate of drug-likeness (QED) is 0.300. The predicted octanol–water partition coefficient (Wildman–Crippen LogP) is 6.62. The fraction of sp³-hybridized carbons (Fsp3) is 0. The van der Waals surface area contributed by atoms with Gasteiger partial charge < -0.3 is 0 Å². The minimum absolute atomic E-state index is 0.0819. The van der Waals surface area contributed by atoms with Crippen molar-refractivity contribution >= 4 is 71.1 Å². The normalized spacial score (nSPS) is 11.9. The Morgan fingerprint density at radius 3 is 2.14 bits per heavy atom. The zero-order chi connectivity index (χ0) is 18.8. The number of halogens is 2. The van der Waals surface area contributed by atoms with E-state index in [1.807, 2.05) is 18.2 Å². The molecule has 7 heteroatoms. The number of rotatable bonds is 1. The minimum atomic E-state index is 0.0819. The molecule has 28 heavy (non-hydrogen) atoms. The van der Waals surface area contributed by atoms with Gasteiger partial charge in [0.1, 0.15) is 10.5 Å². The van der Waals surface area contributed by atoms with Crippen molar-refractivity contribution in [1.29, 1.82) is 0 Å². The van der Waals surface area contributed by atoms with Gasteiger partial charge in [0.2, 0.25) is 10.6 Å². The molecule has 4 nitrogen and oxygen atoms in total. The zero-order valence-electron chi connectivity index (χ0n) is 14.2. The second-order valence-corrected chi connectivity index (χ2v) is 8.21. The van der Waals surface area contributed by atoms with Crippen LogP contribution in [-0.2, 0) is 0 Å². The van der Waals surface area contributed by atoms with E-state index in [0.29, 0.717) is 5.82 Å². The molecule has 0 fully saturated rings. The van der Waals surface area contributed by atoms with Crippen LogP contribution in [0.2, 0.25) is 10.6 Å². The Labute approximate surface area is 173 Å². The van der Waals surface area contributed by atoms with Gasteiger partial charge in [0.15, 0.2) is 5.82 Å². The molecular formula is C21H10Cl2N4S. The third-order valence-corrected chi connectivity index (χ3v) is 6.40. The average molecular weight is 421 g/mol. The molecule has 0 spiro atoms. The van der Waals surface area contributed by atoms with Crippen molar-refractivity contribution < 1.29 is 0 Å². The Morgan fingerprint density at radius 2 is 1.39 bits per heavy atom. The lowest BCUT2D eigenvalue weighted by Gasteiger charge is -2.04. The van der Waals surface area contributed by atoms with E-state index in [4.69, 9.17) is 23.2 Å². The molecule has 3 heterocycles. The lowest BCUT2D eigenvalue weighted by Crippen LogP contribution is -1.96. The summed E-state index contributed by atoms with van der Waals surface area (Å²) < 4.78 is 3.39. The molecule has 0 aliphatic rings. The summed E-state index contributed by atoms with van der Waals surface area (Å²) in [6, 6.07) is 21.0. The maximum atomic E-state index is 6.10. The number of hydrogen-bond donors (Lipinski definition) is 0. The van der Waals surface area contributed by atoms with E-state index in [0.717, 1.165) is 32.2 Å². The first-order chi connectivity index (χ1) is 13.7. The standard InChI is InChI=1S/C21H10Cl2N4S/c22-20-24-18(25-21(23)26-20)17-13-9-11-5-1-2-6-12(11)10-14(13)19-27(17)15-7-3-4-8-16(15)28-19/h1-10H. The molecule has 0 radical (unpaired) electrons. The third-order valence-electron chi connectivity index (χ3n) is 4.90. The molecule has 6 aromatic rings. The Morgan fingerprint density at radius 1 is 0.750 bits per heavy atom. The van der Waals surface area contributed by atoms with Crippen LogP contribution in [0.3, 0.4) is 0 Å². The molecule has 6 rings (SSSR count). The van der Waals surface area contributed by atoms with Crippen LogP contribution in [0.4, 0.5) is 0 Å². The van der Waals surface area contributed by atoms with Crippen molar-refractivity contribution in [2.24, 2.45) is 0 Å². The molecule has 0 bridgehead atoms. The van der Waals surface area contributed by atoms with Gasteiger partial charge in [0, 0.05) is 10.8 Å². The van der Waals surface area contributed by atoms with Gasteiger partial charge in [-0.15, -0.1) is 11.3 Å². The Bertz CT molecular complexity index is 1520. The molecule has 0 saturated carbocycles. The molecule has 0 amide bonds.